The van der Waals surface area contributed by atoms with E-state index in [-0.39, 0.29) is 12.2 Å². The highest BCUT2D eigenvalue weighted by Crippen LogP contribution is 2.20. The number of nitrogens with zero attached hydrogens (tertiary/aromatic N) is 3. The molecular formula is C16H29N3O4. The normalized spacial score (nSPS) is 23.0. The third kappa shape index (κ3) is 4.99. The molecule has 2 saturated heterocycles. The van der Waals surface area contributed by atoms with E-state index in [4.69, 9.17) is 9.47 Å². The van der Waals surface area contributed by atoms with Crippen LogP contribution in [-0.4, -0.2) is 84.4 Å². The lowest BCUT2D eigenvalue weighted by molar-refractivity contribution is 0.0269. The predicted octanol–water partition coefficient (Wildman–Crippen LogP) is 1.77. The molecule has 7 nitrogen and oxygen atoms in total. The molecule has 2 fully saturated rings. The molecule has 7 heteroatoms. The van der Waals surface area contributed by atoms with E-state index in [2.05, 4.69) is 4.90 Å². The topological polar surface area (TPSA) is 62.3 Å². The third-order valence-electron chi connectivity index (χ3n) is 4.17. The Morgan fingerprint density at radius 2 is 1.65 bits per heavy atom. The first-order chi connectivity index (χ1) is 10.8. The molecule has 0 aromatic heterocycles. The van der Waals surface area contributed by atoms with Crippen molar-refractivity contribution < 1.29 is 19.1 Å². The van der Waals surface area contributed by atoms with Crippen LogP contribution in [0.15, 0.2) is 0 Å². The zero-order chi connectivity index (χ0) is 17.0. The summed E-state index contributed by atoms with van der Waals surface area (Å²) in [6.07, 6.45) is 0.498. The van der Waals surface area contributed by atoms with Crippen molar-refractivity contribution in [2.45, 2.75) is 45.8 Å². The first kappa shape index (κ1) is 17.8. The maximum atomic E-state index is 12.1. The van der Waals surface area contributed by atoms with Crippen LogP contribution in [0.3, 0.4) is 0 Å². The van der Waals surface area contributed by atoms with E-state index in [1.54, 1.807) is 9.80 Å². The van der Waals surface area contributed by atoms with Crippen LogP contribution in [-0.2, 0) is 9.47 Å². The van der Waals surface area contributed by atoms with Crippen LogP contribution < -0.4 is 0 Å². The molecule has 132 valence electrons. The second kappa shape index (κ2) is 7.38. The van der Waals surface area contributed by atoms with Gasteiger partial charge in [-0.15, -0.1) is 0 Å². The van der Waals surface area contributed by atoms with Gasteiger partial charge in [0.1, 0.15) is 5.60 Å². The third-order valence-corrected chi connectivity index (χ3v) is 4.17. The summed E-state index contributed by atoms with van der Waals surface area (Å²) in [5.41, 5.74) is -0.458. The van der Waals surface area contributed by atoms with Crippen molar-refractivity contribution in [1.82, 2.24) is 14.7 Å². The molecule has 0 aliphatic carbocycles. The molecular weight excluding hydrogens is 298 g/mol. The van der Waals surface area contributed by atoms with Gasteiger partial charge in [-0.25, -0.2) is 9.59 Å². The smallest absolute Gasteiger partial charge is 0.410 e. The minimum absolute atomic E-state index is 0.228. The Kier molecular flexibility index (Phi) is 5.73. The summed E-state index contributed by atoms with van der Waals surface area (Å²) in [6, 6.07) is 0.354. The molecule has 0 radical (unpaired) electrons. The predicted molar refractivity (Wildman–Crippen MR) is 86.4 cm³/mol. The first-order valence-corrected chi connectivity index (χ1v) is 8.44. The molecule has 0 aromatic carbocycles. The summed E-state index contributed by atoms with van der Waals surface area (Å²) >= 11 is 0. The number of ether oxygens (including phenoxy) is 2. The molecule has 0 N–H and O–H groups in total. The van der Waals surface area contributed by atoms with E-state index in [9.17, 15) is 9.59 Å². The SMILES string of the molecule is CCOC(=O)N1CCN([C@@H]2CCN(C(=O)OC(C)(C)C)C2)CC1. The molecule has 0 unspecified atom stereocenters. The van der Waals surface area contributed by atoms with Crippen LogP contribution in [0.25, 0.3) is 0 Å². The van der Waals surface area contributed by atoms with Crippen LogP contribution in [0.1, 0.15) is 34.1 Å². The maximum absolute atomic E-state index is 12.1. The quantitative estimate of drug-likeness (QED) is 0.773. The molecule has 0 saturated carbocycles. The van der Waals surface area contributed by atoms with Gasteiger partial charge in [0, 0.05) is 45.3 Å². The lowest BCUT2D eigenvalue weighted by Crippen LogP contribution is -2.52. The molecule has 0 spiro atoms. The Bertz CT molecular complexity index is 428. The Labute approximate surface area is 138 Å². The van der Waals surface area contributed by atoms with Crippen molar-refractivity contribution in [3.63, 3.8) is 0 Å². The first-order valence-electron chi connectivity index (χ1n) is 8.44. The average molecular weight is 327 g/mol. The molecule has 2 aliphatic rings. The number of rotatable bonds is 2. The van der Waals surface area contributed by atoms with Crippen molar-refractivity contribution in [2.24, 2.45) is 0 Å². The van der Waals surface area contributed by atoms with Gasteiger partial charge in [-0.1, -0.05) is 0 Å². The molecule has 2 aliphatic heterocycles. The van der Waals surface area contributed by atoms with Crippen LogP contribution in [0.5, 0.6) is 0 Å². The van der Waals surface area contributed by atoms with Gasteiger partial charge >= 0.3 is 12.2 Å². The van der Waals surface area contributed by atoms with Gasteiger partial charge in [-0.2, -0.15) is 0 Å². The van der Waals surface area contributed by atoms with E-state index >= 15 is 0 Å². The highest BCUT2D eigenvalue weighted by molar-refractivity contribution is 5.68. The molecule has 23 heavy (non-hydrogen) atoms. The zero-order valence-corrected chi connectivity index (χ0v) is 14.7. The Hall–Kier alpha value is -1.50. The summed E-state index contributed by atoms with van der Waals surface area (Å²) < 4.78 is 10.5. The minimum Gasteiger partial charge on any atom is -0.450 e. The standard InChI is InChI=1S/C16H29N3O4/c1-5-22-14(20)18-10-8-17(9-11-18)13-6-7-19(12-13)15(21)23-16(2,3)4/h13H,5-12H2,1-4H3/t13-/m1/s1. The second-order valence-corrected chi connectivity index (χ2v) is 7.09. The maximum Gasteiger partial charge on any atom is 0.410 e. The second-order valence-electron chi connectivity index (χ2n) is 7.09. The summed E-state index contributed by atoms with van der Waals surface area (Å²) in [4.78, 5) is 29.7. The number of carbonyl (C=O) groups is 2. The molecule has 2 amide bonds. The van der Waals surface area contributed by atoms with E-state index < -0.39 is 5.60 Å². The van der Waals surface area contributed by atoms with Gasteiger partial charge in [0.15, 0.2) is 0 Å². The summed E-state index contributed by atoms with van der Waals surface area (Å²) in [5, 5.41) is 0. The molecule has 0 aromatic rings. The monoisotopic (exact) mass is 327 g/mol. The molecule has 2 rings (SSSR count). The number of amides is 2. The summed E-state index contributed by atoms with van der Waals surface area (Å²) in [6.45, 7) is 12.3. The fraction of sp³-hybridized carbons (Fsp3) is 0.875. The number of piperazine rings is 1. The highest BCUT2D eigenvalue weighted by Gasteiger charge is 2.34. The fourth-order valence-electron chi connectivity index (χ4n) is 3.02. The number of likely N-dealkylation sites (tertiary alicyclic amines) is 1. The van der Waals surface area contributed by atoms with E-state index in [1.807, 2.05) is 27.7 Å². The minimum atomic E-state index is -0.458. The Morgan fingerprint density at radius 3 is 2.22 bits per heavy atom. The van der Waals surface area contributed by atoms with Crippen molar-refractivity contribution in [3.8, 4) is 0 Å². The van der Waals surface area contributed by atoms with Crippen molar-refractivity contribution in [3.05, 3.63) is 0 Å². The number of hydrogen-bond acceptors (Lipinski definition) is 5. The number of hydrogen-bond donors (Lipinski definition) is 0. The van der Waals surface area contributed by atoms with Gasteiger partial charge in [0.25, 0.3) is 0 Å². The summed E-state index contributed by atoms with van der Waals surface area (Å²) in [7, 11) is 0. The van der Waals surface area contributed by atoms with Crippen LogP contribution >= 0.6 is 0 Å². The van der Waals surface area contributed by atoms with Gasteiger partial charge in [-0.3, -0.25) is 4.90 Å². The molecule has 2 heterocycles. The van der Waals surface area contributed by atoms with Crippen LogP contribution in [0, 0.1) is 0 Å². The number of carbonyl (C=O) groups excluding carboxylic acids is 2. The lowest BCUT2D eigenvalue weighted by Gasteiger charge is -2.37. The Balaban J connectivity index is 1.78. The fourth-order valence-corrected chi connectivity index (χ4v) is 3.02. The largest absolute Gasteiger partial charge is 0.450 e. The van der Waals surface area contributed by atoms with Gasteiger partial charge in [0.2, 0.25) is 0 Å². The van der Waals surface area contributed by atoms with E-state index in [0.29, 0.717) is 32.3 Å². The lowest BCUT2D eigenvalue weighted by atomic mass is 10.2. The molecule has 1 atom stereocenters. The van der Waals surface area contributed by atoms with Crippen molar-refractivity contribution in [2.75, 3.05) is 45.9 Å². The highest BCUT2D eigenvalue weighted by atomic mass is 16.6. The van der Waals surface area contributed by atoms with Crippen LogP contribution in [0.4, 0.5) is 9.59 Å². The summed E-state index contributed by atoms with van der Waals surface area (Å²) in [5.74, 6) is 0. The van der Waals surface area contributed by atoms with E-state index in [0.717, 1.165) is 26.1 Å². The van der Waals surface area contributed by atoms with E-state index in [1.165, 1.54) is 0 Å². The average Bonchev–Trinajstić information content (AvgIpc) is 2.96. The van der Waals surface area contributed by atoms with Crippen molar-refractivity contribution in [1.29, 1.82) is 0 Å². The van der Waals surface area contributed by atoms with Gasteiger partial charge in [-0.05, 0) is 34.1 Å². The molecule has 0 bridgehead atoms. The van der Waals surface area contributed by atoms with Crippen molar-refractivity contribution >= 4 is 12.2 Å². The van der Waals surface area contributed by atoms with Crippen LogP contribution in [0.2, 0.25) is 0 Å². The zero-order valence-electron chi connectivity index (χ0n) is 14.7. The van der Waals surface area contributed by atoms with Gasteiger partial charge in [0.05, 0.1) is 6.61 Å². The van der Waals surface area contributed by atoms with Gasteiger partial charge < -0.3 is 19.3 Å². The Morgan fingerprint density at radius 1 is 1.00 bits per heavy atom.